The van der Waals surface area contributed by atoms with Gasteiger partial charge in [-0.3, -0.25) is 4.79 Å². The first-order chi connectivity index (χ1) is 6.76. The second kappa shape index (κ2) is 4.87. The Morgan fingerprint density at radius 2 is 2.43 bits per heavy atom. The molecule has 4 nitrogen and oxygen atoms in total. The molecule has 72 valence electrons. The average Bonchev–Trinajstić information content (AvgIpc) is 2.26. The van der Waals surface area contributed by atoms with Crippen molar-refractivity contribution in [3.05, 3.63) is 29.8 Å². The molecule has 1 rings (SSSR count). The van der Waals surface area contributed by atoms with Gasteiger partial charge in [0.25, 0.3) is 0 Å². The van der Waals surface area contributed by atoms with E-state index in [0.717, 1.165) is 11.3 Å². The van der Waals surface area contributed by atoms with Crippen LogP contribution in [0.5, 0.6) is 5.75 Å². The van der Waals surface area contributed by atoms with E-state index in [1.165, 1.54) is 6.07 Å². The third-order valence-electron chi connectivity index (χ3n) is 1.69. The van der Waals surface area contributed by atoms with E-state index >= 15 is 0 Å². The molecule has 0 aromatic heterocycles. The van der Waals surface area contributed by atoms with Crippen molar-refractivity contribution < 1.29 is 9.53 Å². The Morgan fingerprint density at radius 1 is 1.64 bits per heavy atom. The number of ether oxygens (including phenoxy) is 1. The largest absolute Gasteiger partial charge is 0.497 e. The smallest absolute Gasteiger partial charge is 0.322 e. The molecular formula is C10H10N2O2. The van der Waals surface area contributed by atoms with E-state index in [1.54, 1.807) is 13.2 Å². The summed E-state index contributed by atoms with van der Waals surface area (Å²) in [5.41, 5.74) is 0.896. The Labute approximate surface area is 82.1 Å². The van der Waals surface area contributed by atoms with Crippen LogP contribution in [0.25, 0.3) is 0 Å². The summed E-state index contributed by atoms with van der Waals surface area (Å²) < 4.78 is 5.01. The Kier molecular flexibility index (Phi) is 3.50. The summed E-state index contributed by atoms with van der Waals surface area (Å²) in [5.74, 6) is 0.0986. The van der Waals surface area contributed by atoms with Gasteiger partial charge in [-0.25, -0.2) is 0 Å². The van der Waals surface area contributed by atoms with Crippen LogP contribution in [-0.2, 0) is 11.3 Å². The van der Waals surface area contributed by atoms with E-state index in [9.17, 15) is 4.79 Å². The van der Waals surface area contributed by atoms with E-state index in [-0.39, 0.29) is 0 Å². The highest BCUT2D eigenvalue weighted by molar-refractivity contribution is 5.91. The van der Waals surface area contributed by atoms with Gasteiger partial charge in [-0.05, 0) is 17.7 Å². The zero-order valence-electron chi connectivity index (χ0n) is 7.78. The molecule has 4 heteroatoms. The molecule has 1 aromatic carbocycles. The third-order valence-corrected chi connectivity index (χ3v) is 1.69. The van der Waals surface area contributed by atoms with Gasteiger partial charge in [-0.1, -0.05) is 12.1 Å². The number of hydrogen-bond donors (Lipinski definition) is 1. The van der Waals surface area contributed by atoms with Crippen LogP contribution in [0.3, 0.4) is 0 Å². The molecule has 0 aliphatic heterocycles. The SMILES string of the molecule is COc1cccc(CNC(=O)C#N)c1. The highest BCUT2D eigenvalue weighted by Gasteiger charge is 1.98. The normalized spacial score (nSPS) is 8.86. The lowest BCUT2D eigenvalue weighted by molar-refractivity contribution is -0.116. The molecule has 14 heavy (non-hydrogen) atoms. The van der Waals surface area contributed by atoms with Gasteiger partial charge in [0.2, 0.25) is 0 Å². The number of carbonyl (C=O) groups excluding carboxylic acids is 1. The maximum atomic E-state index is 10.6. The molecule has 0 atom stereocenters. The first-order valence-corrected chi connectivity index (χ1v) is 4.07. The van der Waals surface area contributed by atoms with E-state index in [4.69, 9.17) is 10.00 Å². The van der Waals surface area contributed by atoms with Crippen LogP contribution >= 0.6 is 0 Å². The monoisotopic (exact) mass is 190 g/mol. The highest BCUT2D eigenvalue weighted by atomic mass is 16.5. The van der Waals surface area contributed by atoms with Crippen molar-refractivity contribution in [1.82, 2.24) is 5.32 Å². The summed E-state index contributed by atoms with van der Waals surface area (Å²) in [6, 6.07) is 8.77. The standard InChI is InChI=1S/C10H10N2O2/c1-14-9-4-2-3-8(5-9)7-12-10(13)6-11/h2-5H,7H2,1H3,(H,12,13). The molecule has 0 heterocycles. The number of amides is 1. The second-order valence-electron chi connectivity index (χ2n) is 2.65. The average molecular weight is 190 g/mol. The van der Waals surface area contributed by atoms with Gasteiger partial charge >= 0.3 is 5.91 Å². The number of rotatable bonds is 3. The van der Waals surface area contributed by atoms with Crippen molar-refractivity contribution in [2.75, 3.05) is 7.11 Å². The van der Waals surface area contributed by atoms with Crippen molar-refractivity contribution in [2.45, 2.75) is 6.54 Å². The quantitative estimate of drug-likeness (QED) is 0.718. The van der Waals surface area contributed by atoms with Gasteiger partial charge < -0.3 is 10.1 Å². The first kappa shape index (κ1) is 10.1. The number of benzene rings is 1. The van der Waals surface area contributed by atoms with Gasteiger partial charge in [0, 0.05) is 6.54 Å². The van der Waals surface area contributed by atoms with E-state index in [0.29, 0.717) is 6.54 Å². The Morgan fingerprint density at radius 3 is 3.07 bits per heavy atom. The van der Waals surface area contributed by atoms with Crippen LogP contribution < -0.4 is 10.1 Å². The van der Waals surface area contributed by atoms with Gasteiger partial charge in [0.05, 0.1) is 7.11 Å². The predicted molar refractivity (Wildman–Crippen MR) is 50.5 cm³/mol. The van der Waals surface area contributed by atoms with Crippen LogP contribution in [0.1, 0.15) is 5.56 Å². The summed E-state index contributed by atoms with van der Waals surface area (Å²) in [6.45, 7) is 0.337. The Balaban J connectivity index is 2.59. The van der Waals surface area contributed by atoms with Crippen LogP contribution in [0, 0.1) is 11.3 Å². The number of nitrogens with one attached hydrogen (secondary N) is 1. The van der Waals surface area contributed by atoms with Crippen molar-refractivity contribution in [3.63, 3.8) is 0 Å². The molecule has 0 saturated carbocycles. The second-order valence-corrected chi connectivity index (χ2v) is 2.65. The molecule has 0 fully saturated rings. The molecular weight excluding hydrogens is 180 g/mol. The fourth-order valence-electron chi connectivity index (χ4n) is 1.00. The third kappa shape index (κ3) is 2.79. The van der Waals surface area contributed by atoms with E-state index in [1.807, 2.05) is 18.2 Å². The predicted octanol–water partition coefficient (Wildman–Crippen LogP) is 0.835. The van der Waals surface area contributed by atoms with Gasteiger partial charge in [-0.15, -0.1) is 0 Å². The van der Waals surface area contributed by atoms with Crippen LogP contribution in [0.2, 0.25) is 0 Å². The molecule has 0 bridgehead atoms. The van der Waals surface area contributed by atoms with Gasteiger partial charge in [-0.2, -0.15) is 5.26 Å². The van der Waals surface area contributed by atoms with Gasteiger partial charge in [0.15, 0.2) is 6.07 Å². The van der Waals surface area contributed by atoms with Crippen LogP contribution in [-0.4, -0.2) is 13.0 Å². The molecule has 1 aromatic rings. The molecule has 1 N–H and O–H groups in total. The number of nitriles is 1. The zero-order valence-corrected chi connectivity index (χ0v) is 7.78. The minimum Gasteiger partial charge on any atom is -0.497 e. The van der Waals surface area contributed by atoms with E-state index in [2.05, 4.69) is 5.32 Å². The summed E-state index contributed by atoms with van der Waals surface area (Å²) in [4.78, 5) is 10.6. The van der Waals surface area contributed by atoms with E-state index < -0.39 is 5.91 Å². The number of carbonyl (C=O) groups is 1. The van der Waals surface area contributed by atoms with Crippen molar-refractivity contribution in [1.29, 1.82) is 5.26 Å². The van der Waals surface area contributed by atoms with Crippen molar-refractivity contribution >= 4 is 5.91 Å². The Hall–Kier alpha value is -2.02. The lowest BCUT2D eigenvalue weighted by Crippen LogP contribution is -2.20. The maximum absolute atomic E-state index is 10.6. The maximum Gasteiger partial charge on any atom is 0.322 e. The van der Waals surface area contributed by atoms with Gasteiger partial charge in [0.1, 0.15) is 5.75 Å². The summed E-state index contributed by atoms with van der Waals surface area (Å²) in [6.07, 6.45) is 0. The summed E-state index contributed by atoms with van der Waals surface area (Å²) in [7, 11) is 1.58. The number of nitrogens with zero attached hydrogens (tertiary/aromatic N) is 1. The number of methoxy groups -OCH3 is 1. The van der Waals surface area contributed by atoms with Crippen LogP contribution in [0.4, 0.5) is 0 Å². The fourth-order valence-corrected chi connectivity index (χ4v) is 1.00. The molecule has 0 saturated heterocycles. The summed E-state index contributed by atoms with van der Waals surface area (Å²) in [5, 5.41) is 10.7. The first-order valence-electron chi connectivity index (χ1n) is 4.07. The van der Waals surface area contributed by atoms with Crippen LogP contribution in [0.15, 0.2) is 24.3 Å². The minimum atomic E-state index is -0.632. The molecule has 1 amide bonds. The molecule has 0 spiro atoms. The topological polar surface area (TPSA) is 62.1 Å². The zero-order chi connectivity index (χ0) is 10.4. The fraction of sp³-hybridized carbons (Fsp3) is 0.200. The number of hydrogen-bond acceptors (Lipinski definition) is 3. The highest BCUT2D eigenvalue weighted by Crippen LogP contribution is 2.11. The summed E-state index contributed by atoms with van der Waals surface area (Å²) >= 11 is 0. The lowest BCUT2D eigenvalue weighted by atomic mass is 10.2. The molecule has 0 aliphatic carbocycles. The molecule has 0 unspecified atom stereocenters. The van der Waals surface area contributed by atoms with Crippen molar-refractivity contribution in [2.24, 2.45) is 0 Å². The Bertz CT molecular complexity index is 369. The lowest BCUT2D eigenvalue weighted by Gasteiger charge is -2.03. The molecule has 0 radical (unpaired) electrons. The van der Waals surface area contributed by atoms with Crippen molar-refractivity contribution in [3.8, 4) is 11.8 Å². The molecule has 0 aliphatic rings. The minimum absolute atomic E-state index is 0.337.